The van der Waals surface area contributed by atoms with Gasteiger partial charge in [0.25, 0.3) is 5.91 Å². The summed E-state index contributed by atoms with van der Waals surface area (Å²) in [6.07, 6.45) is 3.91. The molecular formula is C20H22ClN3O3. The first-order valence-electron chi connectivity index (χ1n) is 8.95. The number of carbonyl (C=O) groups is 2. The number of hydrogen-bond acceptors (Lipinski definition) is 4. The van der Waals surface area contributed by atoms with Gasteiger partial charge < -0.3 is 15.4 Å². The average molecular weight is 388 g/mol. The van der Waals surface area contributed by atoms with Crippen molar-refractivity contribution in [3.63, 3.8) is 0 Å². The number of hydrogen-bond donors (Lipinski definition) is 2. The molecule has 0 bridgehead atoms. The van der Waals surface area contributed by atoms with Crippen LogP contribution in [0.15, 0.2) is 42.6 Å². The maximum atomic E-state index is 12.3. The molecular weight excluding hydrogens is 366 g/mol. The molecule has 1 aliphatic rings. The van der Waals surface area contributed by atoms with E-state index in [1.807, 2.05) is 0 Å². The predicted molar refractivity (Wildman–Crippen MR) is 105 cm³/mol. The molecule has 3 rings (SSSR count). The summed E-state index contributed by atoms with van der Waals surface area (Å²) in [4.78, 5) is 28.3. The fourth-order valence-corrected chi connectivity index (χ4v) is 2.83. The topological polar surface area (TPSA) is 80.3 Å². The molecule has 1 aliphatic carbocycles. The van der Waals surface area contributed by atoms with Crippen molar-refractivity contribution in [2.45, 2.75) is 31.8 Å². The third-order valence-electron chi connectivity index (χ3n) is 4.43. The average Bonchev–Trinajstić information content (AvgIpc) is 2.59. The molecule has 27 heavy (non-hydrogen) atoms. The molecule has 0 aliphatic heterocycles. The zero-order chi connectivity index (χ0) is 19.2. The molecule has 2 aromatic rings. The van der Waals surface area contributed by atoms with Crippen molar-refractivity contribution >= 4 is 34.3 Å². The van der Waals surface area contributed by atoms with Gasteiger partial charge in [-0.25, -0.2) is 4.98 Å². The molecule has 2 amide bonds. The summed E-state index contributed by atoms with van der Waals surface area (Å²) in [5.41, 5.74) is 1.50. The van der Waals surface area contributed by atoms with Crippen LogP contribution in [-0.2, 0) is 9.53 Å². The van der Waals surface area contributed by atoms with Gasteiger partial charge in [0.1, 0.15) is 12.3 Å². The highest BCUT2D eigenvalue weighted by Crippen LogP contribution is 2.21. The van der Waals surface area contributed by atoms with E-state index in [-0.39, 0.29) is 24.5 Å². The summed E-state index contributed by atoms with van der Waals surface area (Å²) >= 11 is 5.95. The molecule has 1 saturated carbocycles. The first-order valence-corrected chi connectivity index (χ1v) is 9.33. The van der Waals surface area contributed by atoms with Crippen LogP contribution in [0.1, 0.15) is 36.2 Å². The lowest BCUT2D eigenvalue weighted by atomic mass is 9.96. The molecule has 0 atom stereocenters. The summed E-state index contributed by atoms with van der Waals surface area (Å²) in [6.45, 7) is 4.29. The standard InChI is InChI=1S/C20H22ClN3O3/c1-13(9-10-22-19(25)12-27-16-3-2-4-16)23-20(26)18-7-5-14-11-15(21)6-8-17(14)24-18/h5-8,11,16H,1-4,9-10,12H2,(H,22,25)(H,23,26). The summed E-state index contributed by atoms with van der Waals surface area (Å²) < 4.78 is 5.44. The van der Waals surface area contributed by atoms with Crippen LogP contribution in [0.2, 0.25) is 5.02 Å². The van der Waals surface area contributed by atoms with Gasteiger partial charge >= 0.3 is 0 Å². The second kappa shape index (κ2) is 8.97. The van der Waals surface area contributed by atoms with E-state index < -0.39 is 0 Å². The van der Waals surface area contributed by atoms with Crippen LogP contribution < -0.4 is 10.6 Å². The molecule has 0 saturated heterocycles. The fraction of sp³-hybridized carbons (Fsp3) is 0.350. The minimum absolute atomic E-state index is 0.0779. The maximum Gasteiger partial charge on any atom is 0.274 e. The second-order valence-electron chi connectivity index (χ2n) is 6.56. The third kappa shape index (κ3) is 5.52. The molecule has 1 heterocycles. The Kier molecular flexibility index (Phi) is 6.42. The fourth-order valence-electron chi connectivity index (χ4n) is 2.64. The highest BCUT2D eigenvalue weighted by molar-refractivity contribution is 6.31. The lowest BCUT2D eigenvalue weighted by molar-refractivity contribution is -0.129. The van der Waals surface area contributed by atoms with Crippen LogP contribution in [0.3, 0.4) is 0 Å². The number of carbonyl (C=O) groups excluding carboxylic acids is 2. The Morgan fingerprint density at radius 1 is 1.26 bits per heavy atom. The number of amides is 2. The van der Waals surface area contributed by atoms with E-state index in [9.17, 15) is 9.59 Å². The van der Waals surface area contributed by atoms with Crippen molar-refractivity contribution < 1.29 is 14.3 Å². The van der Waals surface area contributed by atoms with Crippen molar-refractivity contribution in [3.05, 3.63) is 53.3 Å². The number of aromatic nitrogens is 1. The Morgan fingerprint density at radius 3 is 2.81 bits per heavy atom. The Balaban J connectivity index is 1.42. The van der Waals surface area contributed by atoms with Gasteiger partial charge in [0.05, 0.1) is 11.6 Å². The van der Waals surface area contributed by atoms with E-state index in [2.05, 4.69) is 22.2 Å². The van der Waals surface area contributed by atoms with E-state index >= 15 is 0 Å². The molecule has 0 unspecified atom stereocenters. The van der Waals surface area contributed by atoms with Crippen LogP contribution in [0, 0.1) is 0 Å². The van der Waals surface area contributed by atoms with Crippen molar-refractivity contribution in [2.24, 2.45) is 0 Å². The van der Waals surface area contributed by atoms with Crippen LogP contribution in [0.25, 0.3) is 10.9 Å². The summed E-state index contributed by atoms with van der Waals surface area (Å²) in [7, 11) is 0. The molecule has 7 heteroatoms. The Morgan fingerprint density at radius 2 is 2.07 bits per heavy atom. The largest absolute Gasteiger partial charge is 0.368 e. The molecule has 142 valence electrons. The Labute approximate surface area is 162 Å². The lowest BCUT2D eigenvalue weighted by Gasteiger charge is -2.25. The van der Waals surface area contributed by atoms with E-state index in [0.29, 0.717) is 34.9 Å². The van der Waals surface area contributed by atoms with Crippen LogP contribution >= 0.6 is 11.6 Å². The number of pyridine rings is 1. The van der Waals surface area contributed by atoms with Gasteiger partial charge in [-0.3, -0.25) is 9.59 Å². The molecule has 1 aromatic carbocycles. The van der Waals surface area contributed by atoms with Gasteiger partial charge in [-0.05, 0) is 43.5 Å². The number of ether oxygens (including phenoxy) is 1. The van der Waals surface area contributed by atoms with Gasteiger partial charge in [-0.15, -0.1) is 0 Å². The number of nitrogens with one attached hydrogen (secondary N) is 2. The minimum atomic E-state index is -0.337. The number of rotatable bonds is 8. The minimum Gasteiger partial charge on any atom is -0.368 e. The first kappa shape index (κ1) is 19.3. The second-order valence-corrected chi connectivity index (χ2v) is 6.99. The normalized spacial score (nSPS) is 13.8. The molecule has 1 fully saturated rings. The SMILES string of the molecule is C=C(CCNC(=O)COC1CCC1)NC(=O)c1ccc2cc(Cl)ccc2n1. The summed E-state index contributed by atoms with van der Waals surface area (Å²) in [5.74, 6) is -0.493. The van der Waals surface area contributed by atoms with Gasteiger partial charge in [0.15, 0.2) is 0 Å². The molecule has 2 N–H and O–H groups in total. The summed E-state index contributed by atoms with van der Waals surface area (Å²) in [5, 5.41) is 6.95. The molecule has 0 radical (unpaired) electrons. The van der Waals surface area contributed by atoms with Crippen molar-refractivity contribution in [2.75, 3.05) is 13.2 Å². The maximum absolute atomic E-state index is 12.3. The van der Waals surface area contributed by atoms with Crippen molar-refractivity contribution in [1.82, 2.24) is 15.6 Å². The third-order valence-corrected chi connectivity index (χ3v) is 4.66. The van der Waals surface area contributed by atoms with E-state index in [0.717, 1.165) is 18.2 Å². The van der Waals surface area contributed by atoms with Gasteiger partial charge in [-0.2, -0.15) is 0 Å². The van der Waals surface area contributed by atoms with Gasteiger partial charge in [0, 0.05) is 29.1 Å². The molecule has 6 nitrogen and oxygen atoms in total. The van der Waals surface area contributed by atoms with E-state index in [1.54, 1.807) is 30.3 Å². The highest BCUT2D eigenvalue weighted by atomic mass is 35.5. The number of benzene rings is 1. The number of nitrogens with zero attached hydrogens (tertiary/aromatic N) is 1. The van der Waals surface area contributed by atoms with Crippen LogP contribution in [-0.4, -0.2) is 36.1 Å². The van der Waals surface area contributed by atoms with Gasteiger partial charge in [0.2, 0.25) is 5.91 Å². The van der Waals surface area contributed by atoms with Crippen LogP contribution in [0.4, 0.5) is 0 Å². The quantitative estimate of drug-likeness (QED) is 0.728. The van der Waals surface area contributed by atoms with Crippen molar-refractivity contribution in [3.8, 4) is 0 Å². The van der Waals surface area contributed by atoms with Gasteiger partial charge in [-0.1, -0.05) is 24.2 Å². The lowest BCUT2D eigenvalue weighted by Crippen LogP contribution is -2.33. The zero-order valence-electron chi connectivity index (χ0n) is 15.0. The summed E-state index contributed by atoms with van der Waals surface area (Å²) in [6, 6.07) is 8.73. The number of halogens is 1. The Hall–Kier alpha value is -2.44. The van der Waals surface area contributed by atoms with E-state index in [4.69, 9.17) is 16.3 Å². The van der Waals surface area contributed by atoms with E-state index in [1.165, 1.54) is 6.42 Å². The smallest absolute Gasteiger partial charge is 0.274 e. The first-order chi connectivity index (χ1) is 13.0. The van der Waals surface area contributed by atoms with Crippen molar-refractivity contribution in [1.29, 1.82) is 0 Å². The molecule has 0 spiro atoms. The van der Waals surface area contributed by atoms with Crippen LogP contribution in [0.5, 0.6) is 0 Å². The zero-order valence-corrected chi connectivity index (χ0v) is 15.7. The monoisotopic (exact) mass is 387 g/mol. The highest BCUT2D eigenvalue weighted by Gasteiger charge is 2.18. The Bertz CT molecular complexity index is 865. The number of fused-ring (bicyclic) bond motifs is 1. The molecule has 1 aromatic heterocycles. The predicted octanol–water partition coefficient (Wildman–Crippen LogP) is 3.21.